The largest absolute Gasteiger partial charge is 0.206 e. The summed E-state index contributed by atoms with van der Waals surface area (Å²) in [5.41, 5.74) is 0. The Kier molecular flexibility index (Phi) is 4.66. The van der Waals surface area contributed by atoms with Crippen molar-refractivity contribution >= 4 is 39.8 Å². The second kappa shape index (κ2) is 6.68. The van der Waals surface area contributed by atoms with E-state index in [1.54, 1.807) is 0 Å². The highest BCUT2D eigenvalue weighted by atomic mass is 79.9. The van der Waals surface area contributed by atoms with Crippen molar-refractivity contribution in [2.75, 3.05) is 0 Å². The van der Waals surface area contributed by atoms with Crippen LogP contribution in [0.25, 0.3) is 0 Å². The highest BCUT2D eigenvalue weighted by Crippen LogP contribution is 2.34. The van der Waals surface area contributed by atoms with Gasteiger partial charge < -0.3 is 0 Å². The van der Waals surface area contributed by atoms with Gasteiger partial charge in [-0.1, -0.05) is 60.7 Å². The Hall–Kier alpha value is -1.57. The summed E-state index contributed by atoms with van der Waals surface area (Å²) in [5.74, 6) is -1.15. The zero-order valence-electron chi connectivity index (χ0n) is 11.5. The summed E-state index contributed by atoms with van der Waals surface area (Å²) in [6, 6.07) is 22.5. The third-order valence-electron chi connectivity index (χ3n) is 3.26. The van der Waals surface area contributed by atoms with Crippen molar-refractivity contribution in [3.8, 4) is 0 Å². The van der Waals surface area contributed by atoms with Crippen LogP contribution in [0.1, 0.15) is 0 Å². The molecule has 0 N–H and O–H groups in total. The van der Waals surface area contributed by atoms with Gasteiger partial charge in [-0.3, -0.25) is 0 Å². The van der Waals surface area contributed by atoms with Crippen LogP contribution < -0.4 is 15.9 Å². The summed E-state index contributed by atoms with van der Waals surface area (Å²) in [6.07, 6.45) is 0. The van der Waals surface area contributed by atoms with E-state index in [2.05, 4.69) is 15.9 Å². The maximum Gasteiger partial charge on any atom is 0.141 e. The Bertz CT molecular complexity index is 713. The molecule has 0 heterocycles. The molecule has 3 aromatic carbocycles. The molecular formula is C18H12BrF2P. The van der Waals surface area contributed by atoms with Crippen LogP contribution in [0, 0.1) is 11.6 Å². The molecule has 0 nitrogen and oxygen atoms in total. The van der Waals surface area contributed by atoms with Crippen molar-refractivity contribution in [2.24, 2.45) is 0 Å². The molecule has 0 spiro atoms. The van der Waals surface area contributed by atoms with Crippen LogP contribution in [-0.4, -0.2) is 0 Å². The van der Waals surface area contributed by atoms with Crippen molar-refractivity contribution in [3.05, 3.63) is 88.9 Å². The van der Waals surface area contributed by atoms with Crippen molar-refractivity contribution in [1.82, 2.24) is 0 Å². The van der Waals surface area contributed by atoms with Crippen LogP contribution in [0.4, 0.5) is 8.78 Å². The molecule has 0 atom stereocenters. The molecule has 0 fully saturated rings. The van der Waals surface area contributed by atoms with Gasteiger partial charge >= 0.3 is 0 Å². The Labute approximate surface area is 137 Å². The molecule has 0 saturated carbocycles. The minimum Gasteiger partial charge on any atom is -0.206 e. The SMILES string of the molecule is Fc1cc(P(c2ccccc2)c2ccccc2)cc(F)c1Br. The first-order chi connectivity index (χ1) is 10.7. The zero-order valence-corrected chi connectivity index (χ0v) is 14.0. The van der Waals surface area contributed by atoms with Gasteiger partial charge in [-0.2, -0.15) is 0 Å². The Balaban J connectivity index is 2.19. The second-order valence-electron chi connectivity index (χ2n) is 4.73. The molecule has 3 aromatic rings. The molecule has 22 heavy (non-hydrogen) atoms. The lowest BCUT2D eigenvalue weighted by Crippen LogP contribution is -2.21. The lowest BCUT2D eigenvalue weighted by Gasteiger charge is -2.19. The quantitative estimate of drug-likeness (QED) is 0.466. The van der Waals surface area contributed by atoms with Gasteiger partial charge in [-0.05, 0) is 51.9 Å². The average molecular weight is 377 g/mol. The monoisotopic (exact) mass is 376 g/mol. The van der Waals surface area contributed by atoms with Crippen LogP contribution in [0.3, 0.4) is 0 Å². The number of benzene rings is 3. The molecule has 0 aliphatic heterocycles. The molecule has 4 heteroatoms. The summed E-state index contributed by atoms with van der Waals surface area (Å²) >= 11 is 2.93. The molecule has 0 aromatic heterocycles. The van der Waals surface area contributed by atoms with Crippen LogP contribution >= 0.6 is 23.9 Å². The first kappa shape index (κ1) is 15.3. The molecule has 0 saturated heterocycles. The van der Waals surface area contributed by atoms with Gasteiger partial charge in [0.1, 0.15) is 11.6 Å². The van der Waals surface area contributed by atoms with E-state index < -0.39 is 19.6 Å². The zero-order chi connectivity index (χ0) is 15.5. The fourth-order valence-corrected chi connectivity index (χ4v) is 4.82. The predicted octanol–water partition coefficient (Wildman–Crippen LogP) is 4.49. The van der Waals surface area contributed by atoms with Gasteiger partial charge in [0, 0.05) is 0 Å². The van der Waals surface area contributed by atoms with E-state index in [1.807, 2.05) is 60.7 Å². The Morgan fingerprint density at radius 1 is 0.636 bits per heavy atom. The van der Waals surface area contributed by atoms with Crippen molar-refractivity contribution < 1.29 is 8.78 Å². The first-order valence-corrected chi connectivity index (χ1v) is 8.85. The van der Waals surface area contributed by atoms with E-state index in [4.69, 9.17) is 0 Å². The summed E-state index contributed by atoms with van der Waals surface area (Å²) < 4.78 is 27.8. The summed E-state index contributed by atoms with van der Waals surface area (Å²) in [4.78, 5) is 0. The Morgan fingerprint density at radius 3 is 1.45 bits per heavy atom. The summed E-state index contributed by atoms with van der Waals surface area (Å²) in [5, 5.41) is 2.78. The molecule has 3 rings (SSSR count). The van der Waals surface area contributed by atoms with Crippen LogP contribution in [0.2, 0.25) is 0 Å². The number of halogens is 3. The van der Waals surface area contributed by atoms with E-state index in [0.29, 0.717) is 5.30 Å². The van der Waals surface area contributed by atoms with Gasteiger partial charge in [0.25, 0.3) is 0 Å². The maximum absolute atomic E-state index is 14.0. The molecule has 0 unspecified atom stereocenters. The van der Waals surface area contributed by atoms with E-state index in [1.165, 1.54) is 12.1 Å². The minimum atomic E-state index is -0.992. The van der Waals surface area contributed by atoms with Crippen LogP contribution in [0.5, 0.6) is 0 Å². The van der Waals surface area contributed by atoms with E-state index >= 15 is 0 Å². The second-order valence-corrected chi connectivity index (χ2v) is 7.74. The maximum atomic E-state index is 14.0. The average Bonchev–Trinajstić information content (AvgIpc) is 2.55. The molecule has 110 valence electrons. The number of hydrogen-bond acceptors (Lipinski definition) is 0. The smallest absolute Gasteiger partial charge is 0.141 e. The lowest BCUT2D eigenvalue weighted by atomic mass is 10.3. The van der Waals surface area contributed by atoms with Gasteiger partial charge in [-0.15, -0.1) is 0 Å². The van der Waals surface area contributed by atoms with E-state index in [9.17, 15) is 8.78 Å². The topological polar surface area (TPSA) is 0 Å². The van der Waals surface area contributed by atoms with Crippen molar-refractivity contribution in [2.45, 2.75) is 0 Å². The molecule has 0 amide bonds. The third kappa shape index (κ3) is 3.11. The van der Waals surface area contributed by atoms with Gasteiger partial charge in [0.2, 0.25) is 0 Å². The van der Waals surface area contributed by atoms with E-state index in [0.717, 1.165) is 10.6 Å². The standard InChI is InChI=1S/C18H12BrF2P/c19-18-16(20)11-15(12-17(18)21)22(13-7-3-1-4-8-13)14-9-5-2-6-10-14/h1-12H. The summed E-state index contributed by atoms with van der Waals surface area (Å²) in [7, 11) is -0.992. The fraction of sp³-hybridized carbons (Fsp3) is 0. The van der Waals surface area contributed by atoms with Crippen molar-refractivity contribution in [3.63, 3.8) is 0 Å². The number of hydrogen-bond donors (Lipinski definition) is 0. The van der Waals surface area contributed by atoms with Crippen molar-refractivity contribution in [1.29, 1.82) is 0 Å². The molecular weight excluding hydrogens is 365 g/mol. The van der Waals surface area contributed by atoms with Crippen LogP contribution in [0.15, 0.2) is 77.3 Å². The Morgan fingerprint density at radius 2 is 1.05 bits per heavy atom. The molecule has 0 aliphatic rings. The number of rotatable bonds is 3. The van der Waals surface area contributed by atoms with Gasteiger partial charge in [-0.25, -0.2) is 8.78 Å². The van der Waals surface area contributed by atoms with Gasteiger partial charge in [0.15, 0.2) is 0 Å². The highest BCUT2D eigenvalue weighted by molar-refractivity contribution is 9.10. The lowest BCUT2D eigenvalue weighted by molar-refractivity contribution is 0.574. The first-order valence-electron chi connectivity index (χ1n) is 6.71. The normalized spacial score (nSPS) is 10.9. The highest BCUT2D eigenvalue weighted by Gasteiger charge is 2.19. The van der Waals surface area contributed by atoms with Crippen LogP contribution in [-0.2, 0) is 0 Å². The minimum absolute atomic E-state index is 0.118. The molecule has 0 radical (unpaired) electrons. The fourth-order valence-electron chi connectivity index (χ4n) is 2.27. The summed E-state index contributed by atoms with van der Waals surface area (Å²) in [6.45, 7) is 0. The molecule has 0 bridgehead atoms. The predicted molar refractivity (Wildman–Crippen MR) is 92.8 cm³/mol. The van der Waals surface area contributed by atoms with Gasteiger partial charge in [0.05, 0.1) is 4.47 Å². The third-order valence-corrected chi connectivity index (χ3v) is 6.42. The molecule has 0 aliphatic carbocycles. The van der Waals surface area contributed by atoms with E-state index in [-0.39, 0.29) is 4.47 Å².